The van der Waals surface area contributed by atoms with Crippen LogP contribution >= 0.6 is 11.6 Å². The fourth-order valence-corrected chi connectivity index (χ4v) is 4.90. The molecule has 7 nitrogen and oxygen atoms in total. The lowest BCUT2D eigenvalue weighted by molar-refractivity contribution is -0.917. The Morgan fingerprint density at radius 3 is 2.35 bits per heavy atom. The maximum atomic E-state index is 12.8. The van der Waals surface area contributed by atoms with Crippen LogP contribution in [0.25, 0.3) is 0 Å². The number of quaternary nitrogens is 1. The number of hydrogen-bond acceptors (Lipinski definition) is 4. The molecule has 1 aliphatic heterocycles. The third-order valence-corrected chi connectivity index (χ3v) is 6.82. The molecule has 1 fully saturated rings. The maximum Gasteiger partial charge on any atom is 0.289 e. The summed E-state index contributed by atoms with van der Waals surface area (Å²) in [6, 6.07) is 13.1. The summed E-state index contributed by atoms with van der Waals surface area (Å²) in [6.07, 6.45) is 0. The molecule has 9 heteroatoms. The van der Waals surface area contributed by atoms with Crippen molar-refractivity contribution in [2.75, 3.05) is 26.2 Å². The zero-order valence-corrected chi connectivity index (χ0v) is 15.5. The largest absolute Gasteiger partial charge is 0.329 e. The average Bonchev–Trinajstić information content (AvgIpc) is 2.64. The number of rotatable bonds is 5. The van der Waals surface area contributed by atoms with Gasteiger partial charge >= 0.3 is 0 Å². The van der Waals surface area contributed by atoms with E-state index in [1.165, 1.54) is 33.5 Å². The smallest absolute Gasteiger partial charge is 0.289 e. The van der Waals surface area contributed by atoms with Gasteiger partial charge in [-0.2, -0.15) is 4.31 Å². The molecule has 138 valence electrons. The van der Waals surface area contributed by atoms with E-state index < -0.39 is 20.6 Å². The van der Waals surface area contributed by atoms with Gasteiger partial charge in [0.2, 0.25) is 10.0 Å². The van der Waals surface area contributed by atoms with Gasteiger partial charge in [0.1, 0.15) is 6.54 Å². The molecule has 0 saturated carbocycles. The van der Waals surface area contributed by atoms with Gasteiger partial charge < -0.3 is 4.90 Å². The van der Waals surface area contributed by atoms with E-state index in [-0.39, 0.29) is 4.90 Å². The summed E-state index contributed by atoms with van der Waals surface area (Å²) in [6.45, 7) is 2.58. The van der Waals surface area contributed by atoms with Crippen LogP contribution in [0.2, 0.25) is 5.02 Å². The molecule has 0 radical (unpaired) electrons. The molecule has 0 aromatic heterocycles. The van der Waals surface area contributed by atoms with E-state index in [4.69, 9.17) is 11.6 Å². The van der Waals surface area contributed by atoms with Gasteiger partial charge in [-0.05, 0) is 12.1 Å². The van der Waals surface area contributed by atoms with Gasteiger partial charge in [0.15, 0.2) is 4.90 Å². The number of sulfonamides is 1. The Bertz CT molecular complexity index is 912. The van der Waals surface area contributed by atoms with Crippen LogP contribution in [0.15, 0.2) is 53.4 Å². The molecule has 0 unspecified atom stereocenters. The summed E-state index contributed by atoms with van der Waals surface area (Å²) in [5, 5.41) is 11.8. The van der Waals surface area contributed by atoms with E-state index in [2.05, 4.69) is 0 Å². The molecule has 26 heavy (non-hydrogen) atoms. The standard InChI is InChI=1S/C17H18ClN3O4S/c18-15-6-2-1-5-14(15)13-19-9-11-20(12-10-19)26(24,25)17-8-4-3-7-16(17)21(22)23/h1-8H,9-13H2/p+1. The summed E-state index contributed by atoms with van der Waals surface area (Å²) < 4.78 is 27.0. The molecule has 1 saturated heterocycles. The lowest BCUT2D eigenvalue weighted by Crippen LogP contribution is -3.13. The van der Waals surface area contributed by atoms with Crippen molar-refractivity contribution < 1.29 is 18.2 Å². The lowest BCUT2D eigenvalue weighted by Gasteiger charge is -2.31. The number of nitro groups is 1. The number of para-hydroxylation sites is 1. The van der Waals surface area contributed by atoms with Crippen molar-refractivity contribution in [1.29, 1.82) is 0 Å². The topological polar surface area (TPSA) is 85.0 Å². The van der Waals surface area contributed by atoms with Gasteiger partial charge in [-0.3, -0.25) is 10.1 Å². The van der Waals surface area contributed by atoms with Crippen LogP contribution in [0.3, 0.4) is 0 Å². The maximum absolute atomic E-state index is 12.8. The minimum Gasteiger partial charge on any atom is -0.329 e. The third kappa shape index (κ3) is 3.88. The molecule has 0 aliphatic carbocycles. The summed E-state index contributed by atoms with van der Waals surface area (Å²) in [7, 11) is -3.89. The first-order valence-corrected chi connectivity index (χ1v) is 10.0. The molecule has 0 spiro atoms. The Morgan fingerprint density at radius 1 is 1.08 bits per heavy atom. The van der Waals surface area contributed by atoms with Gasteiger partial charge in [0.05, 0.1) is 31.1 Å². The molecule has 1 aliphatic rings. The first-order valence-electron chi connectivity index (χ1n) is 8.20. The zero-order chi connectivity index (χ0) is 18.7. The van der Waals surface area contributed by atoms with Crippen molar-refractivity contribution in [2.24, 2.45) is 0 Å². The first-order chi connectivity index (χ1) is 12.4. The fourth-order valence-electron chi connectivity index (χ4n) is 3.10. The summed E-state index contributed by atoms with van der Waals surface area (Å²) in [5.74, 6) is 0. The van der Waals surface area contributed by atoms with E-state index in [9.17, 15) is 18.5 Å². The molecule has 3 rings (SSSR count). The second-order valence-corrected chi connectivity index (χ2v) is 8.46. The number of benzene rings is 2. The number of nitrogens with zero attached hydrogens (tertiary/aromatic N) is 2. The molecule has 2 aromatic carbocycles. The van der Waals surface area contributed by atoms with Crippen LogP contribution in [-0.4, -0.2) is 43.8 Å². The SMILES string of the molecule is O=[N+]([O-])c1ccccc1S(=O)(=O)N1CC[NH+](Cc2ccccc2Cl)CC1. The fraction of sp³-hybridized carbons (Fsp3) is 0.294. The van der Waals surface area contributed by atoms with Crippen molar-refractivity contribution >= 4 is 27.3 Å². The van der Waals surface area contributed by atoms with E-state index >= 15 is 0 Å². The number of halogens is 1. The number of nitrogens with one attached hydrogen (secondary N) is 1. The highest BCUT2D eigenvalue weighted by Gasteiger charge is 2.34. The van der Waals surface area contributed by atoms with Gasteiger partial charge in [-0.25, -0.2) is 8.42 Å². The van der Waals surface area contributed by atoms with Crippen LogP contribution in [0.5, 0.6) is 0 Å². The van der Waals surface area contributed by atoms with Crippen LogP contribution in [0, 0.1) is 10.1 Å². The predicted molar refractivity (Wildman–Crippen MR) is 97.7 cm³/mol. The monoisotopic (exact) mass is 396 g/mol. The minimum absolute atomic E-state index is 0.250. The third-order valence-electron chi connectivity index (χ3n) is 4.51. The van der Waals surface area contributed by atoms with Crippen molar-refractivity contribution in [2.45, 2.75) is 11.4 Å². The number of piperazine rings is 1. The van der Waals surface area contributed by atoms with Gasteiger partial charge in [-0.15, -0.1) is 0 Å². The molecule has 2 aromatic rings. The van der Waals surface area contributed by atoms with E-state index in [0.29, 0.717) is 31.2 Å². The Hall–Kier alpha value is -2.00. The van der Waals surface area contributed by atoms with Crippen LogP contribution in [-0.2, 0) is 16.6 Å². The Labute approximate surface area is 157 Å². The quantitative estimate of drug-likeness (QED) is 0.610. The van der Waals surface area contributed by atoms with Crippen molar-refractivity contribution in [3.05, 3.63) is 69.2 Å². The predicted octanol–water partition coefficient (Wildman–Crippen LogP) is 1.34. The summed E-state index contributed by atoms with van der Waals surface area (Å²) in [5.41, 5.74) is 0.637. The number of nitro benzene ring substituents is 1. The molecule has 0 amide bonds. The molecular weight excluding hydrogens is 378 g/mol. The van der Waals surface area contributed by atoms with Crippen molar-refractivity contribution in [1.82, 2.24) is 4.31 Å². The summed E-state index contributed by atoms with van der Waals surface area (Å²) in [4.78, 5) is 11.5. The Kier molecular flexibility index (Phi) is 5.57. The Morgan fingerprint density at radius 2 is 1.69 bits per heavy atom. The van der Waals surface area contributed by atoms with Crippen LogP contribution in [0.1, 0.15) is 5.56 Å². The van der Waals surface area contributed by atoms with E-state index in [0.717, 1.165) is 12.1 Å². The highest BCUT2D eigenvalue weighted by molar-refractivity contribution is 7.89. The van der Waals surface area contributed by atoms with Crippen LogP contribution < -0.4 is 4.90 Å². The lowest BCUT2D eigenvalue weighted by atomic mass is 10.2. The second kappa shape index (κ2) is 7.71. The Balaban J connectivity index is 1.72. The van der Waals surface area contributed by atoms with E-state index in [1.807, 2.05) is 24.3 Å². The highest BCUT2D eigenvalue weighted by atomic mass is 35.5. The van der Waals surface area contributed by atoms with E-state index in [1.54, 1.807) is 0 Å². The second-order valence-electron chi connectivity index (χ2n) is 6.15. The van der Waals surface area contributed by atoms with Gasteiger partial charge in [0, 0.05) is 16.7 Å². The summed E-state index contributed by atoms with van der Waals surface area (Å²) >= 11 is 6.19. The number of hydrogen-bond donors (Lipinski definition) is 1. The van der Waals surface area contributed by atoms with Crippen molar-refractivity contribution in [3.8, 4) is 0 Å². The molecule has 0 bridgehead atoms. The van der Waals surface area contributed by atoms with Crippen molar-refractivity contribution in [3.63, 3.8) is 0 Å². The molecule has 1 heterocycles. The van der Waals surface area contributed by atoms with Crippen LogP contribution in [0.4, 0.5) is 5.69 Å². The molecule has 1 N–H and O–H groups in total. The first kappa shape index (κ1) is 18.8. The zero-order valence-electron chi connectivity index (χ0n) is 14.0. The molecule has 0 atom stereocenters. The highest BCUT2D eigenvalue weighted by Crippen LogP contribution is 2.26. The van der Waals surface area contributed by atoms with Gasteiger partial charge in [-0.1, -0.05) is 41.9 Å². The normalized spacial score (nSPS) is 16.5. The average molecular weight is 397 g/mol. The molecular formula is C17H19ClN3O4S+. The van der Waals surface area contributed by atoms with Gasteiger partial charge in [0.25, 0.3) is 5.69 Å². The minimum atomic E-state index is -3.89.